The van der Waals surface area contributed by atoms with Gasteiger partial charge in [0, 0.05) is 18.4 Å². The van der Waals surface area contributed by atoms with Crippen LogP contribution >= 0.6 is 34.3 Å². The van der Waals surface area contributed by atoms with Crippen molar-refractivity contribution in [3.05, 3.63) is 68.4 Å². The number of carbonyl (C=O) groups is 1. The van der Waals surface area contributed by atoms with Crippen LogP contribution in [0.1, 0.15) is 32.3 Å². The SMILES string of the molecule is Cc1cc(C)n(-c2ccc(CNC(=O)c3sc(-c4ccc(Cl)s4)nc3C)cn2)n1. The van der Waals surface area contributed by atoms with Crippen molar-refractivity contribution in [2.24, 2.45) is 0 Å². The van der Waals surface area contributed by atoms with Gasteiger partial charge in [-0.3, -0.25) is 4.79 Å². The molecule has 0 aliphatic heterocycles. The largest absolute Gasteiger partial charge is 0.347 e. The van der Waals surface area contributed by atoms with Gasteiger partial charge in [0.2, 0.25) is 0 Å². The number of rotatable bonds is 5. The molecule has 0 saturated heterocycles. The van der Waals surface area contributed by atoms with Gasteiger partial charge >= 0.3 is 0 Å². The first-order valence-corrected chi connectivity index (χ1v) is 10.9. The second-order valence-corrected chi connectivity index (χ2v) is 9.30. The minimum Gasteiger partial charge on any atom is -0.347 e. The monoisotopic (exact) mass is 443 g/mol. The molecule has 4 rings (SSSR count). The quantitative estimate of drug-likeness (QED) is 0.473. The van der Waals surface area contributed by atoms with Crippen molar-refractivity contribution >= 4 is 40.2 Å². The Labute approximate surface area is 181 Å². The lowest BCUT2D eigenvalue weighted by Gasteiger charge is -2.06. The number of aromatic nitrogens is 4. The average Bonchev–Trinajstić information content (AvgIpc) is 3.38. The summed E-state index contributed by atoms with van der Waals surface area (Å²) in [7, 11) is 0. The second-order valence-electron chi connectivity index (χ2n) is 6.58. The second kappa shape index (κ2) is 8.06. The molecule has 0 aliphatic carbocycles. The molecule has 6 nitrogen and oxygen atoms in total. The zero-order valence-corrected chi connectivity index (χ0v) is 18.5. The lowest BCUT2D eigenvalue weighted by atomic mass is 10.2. The van der Waals surface area contributed by atoms with E-state index in [2.05, 4.69) is 20.4 Å². The first-order valence-electron chi connectivity index (χ1n) is 8.90. The minimum atomic E-state index is -0.142. The minimum absolute atomic E-state index is 0.142. The molecule has 0 aromatic carbocycles. The molecular formula is C20H18ClN5OS2. The summed E-state index contributed by atoms with van der Waals surface area (Å²) in [4.78, 5) is 23.2. The molecule has 4 aromatic rings. The third kappa shape index (κ3) is 4.24. The number of nitrogens with one attached hydrogen (secondary N) is 1. The maximum Gasteiger partial charge on any atom is 0.263 e. The Morgan fingerprint density at radius 2 is 2.00 bits per heavy atom. The molecule has 29 heavy (non-hydrogen) atoms. The highest BCUT2D eigenvalue weighted by molar-refractivity contribution is 7.24. The highest BCUT2D eigenvalue weighted by Crippen LogP contribution is 2.34. The predicted molar refractivity (Wildman–Crippen MR) is 117 cm³/mol. The normalized spacial score (nSPS) is 11.0. The number of pyridine rings is 1. The van der Waals surface area contributed by atoms with Gasteiger partial charge in [0.1, 0.15) is 9.88 Å². The van der Waals surface area contributed by atoms with Gasteiger partial charge in [-0.15, -0.1) is 22.7 Å². The molecule has 0 fully saturated rings. The fourth-order valence-electron chi connectivity index (χ4n) is 2.91. The summed E-state index contributed by atoms with van der Waals surface area (Å²) in [6.07, 6.45) is 1.75. The molecule has 0 aliphatic rings. The van der Waals surface area contributed by atoms with E-state index in [1.807, 2.05) is 51.1 Å². The third-order valence-corrected chi connectivity index (χ3v) is 6.83. The Morgan fingerprint density at radius 1 is 1.17 bits per heavy atom. The summed E-state index contributed by atoms with van der Waals surface area (Å²) in [5.74, 6) is 0.611. The summed E-state index contributed by atoms with van der Waals surface area (Å²) in [6.45, 7) is 6.18. The third-order valence-electron chi connectivity index (χ3n) is 4.28. The van der Waals surface area contributed by atoms with Crippen LogP contribution < -0.4 is 5.32 Å². The van der Waals surface area contributed by atoms with Crippen LogP contribution in [0, 0.1) is 20.8 Å². The van der Waals surface area contributed by atoms with Crippen LogP contribution in [0.4, 0.5) is 0 Å². The van der Waals surface area contributed by atoms with Gasteiger partial charge in [0.25, 0.3) is 5.91 Å². The number of thiazole rings is 1. The number of nitrogens with zero attached hydrogens (tertiary/aromatic N) is 4. The number of halogens is 1. The summed E-state index contributed by atoms with van der Waals surface area (Å²) in [5, 5.41) is 8.19. The molecule has 0 atom stereocenters. The summed E-state index contributed by atoms with van der Waals surface area (Å²) < 4.78 is 2.51. The number of carbonyl (C=O) groups excluding carboxylic acids is 1. The molecule has 1 amide bonds. The van der Waals surface area contributed by atoms with E-state index in [0.717, 1.165) is 32.7 Å². The van der Waals surface area contributed by atoms with Gasteiger partial charge in [-0.1, -0.05) is 17.7 Å². The Hall–Kier alpha value is -2.55. The summed E-state index contributed by atoms with van der Waals surface area (Å²) in [5.41, 5.74) is 3.60. The predicted octanol–water partition coefficient (Wildman–Crippen LogP) is 4.96. The molecule has 4 heterocycles. The summed E-state index contributed by atoms with van der Waals surface area (Å²) >= 11 is 8.83. The number of thiophene rings is 1. The van der Waals surface area contributed by atoms with Gasteiger partial charge in [-0.05, 0) is 50.6 Å². The Balaban J connectivity index is 1.43. The number of aryl methyl sites for hydroxylation is 3. The van der Waals surface area contributed by atoms with Crippen molar-refractivity contribution < 1.29 is 4.79 Å². The van der Waals surface area contributed by atoms with E-state index in [1.165, 1.54) is 22.7 Å². The van der Waals surface area contributed by atoms with Crippen LogP contribution in [0.15, 0.2) is 36.5 Å². The van der Waals surface area contributed by atoms with Crippen molar-refractivity contribution in [3.63, 3.8) is 0 Å². The van der Waals surface area contributed by atoms with Crippen LogP contribution in [0.25, 0.3) is 15.7 Å². The van der Waals surface area contributed by atoms with Gasteiger partial charge in [-0.2, -0.15) is 5.10 Å². The van der Waals surface area contributed by atoms with Crippen molar-refractivity contribution in [2.45, 2.75) is 27.3 Å². The molecule has 4 aromatic heterocycles. The summed E-state index contributed by atoms with van der Waals surface area (Å²) in [6, 6.07) is 9.60. The lowest BCUT2D eigenvalue weighted by molar-refractivity contribution is 0.0954. The standard InChI is InChI=1S/C20H18ClN5OS2/c1-11-8-12(2)26(25-11)17-7-4-14(9-22-17)10-23-19(27)18-13(3)24-20(29-18)15-5-6-16(21)28-15/h4-9H,10H2,1-3H3,(H,23,27). The van der Waals surface area contributed by atoms with Crippen LogP contribution in [-0.2, 0) is 6.54 Å². The molecule has 9 heteroatoms. The molecule has 0 spiro atoms. The van der Waals surface area contributed by atoms with E-state index in [1.54, 1.807) is 10.9 Å². The van der Waals surface area contributed by atoms with Crippen molar-refractivity contribution in [1.82, 2.24) is 25.1 Å². The number of hydrogen-bond donors (Lipinski definition) is 1. The van der Waals surface area contributed by atoms with Crippen molar-refractivity contribution in [1.29, 1.82) is 0 Å². The molecular weight excluding hydrogens is 426 g/mol. The maximum atomic E-state index is 12.6. The lowest BCUT2D eigenvalue weighted by Crippen LogP contribution is -2.22. The number of hydrogen-bond acceptors (Lipinski definition) is 6. The topological polar surface area (TPSA) is 72.7 Å². The highest BCUT2D eigenvalue weighted by atomic mass is 35.5. The fraction of sp³-hybridized carbons (Fsp3) is 0.200. The Morgan fingerprint density at radius 3 is 2.62 bits per heavy atom. The zero-order valence-electron chi connectivity index (χ0n) is 16.1. The molecule has 148 valence electrons. The van der Waals surface area contributed by atoms with Gasteiger partial charge in [-0.25, -0.2) is 14.6 Å². The van der Waals surface area contributed by atoms with Gasteiger partial charge in [0.15, 0.2) is 5.82 Å². The van der Waals surface area contributed by atoms with Crippen LogP contribution in [-0.4, -0.2) is 25.7 Å². The molecule has 0 saturated carbocycles. The number of amides is 1. The fourth-order valence-corrected chi connectivity index (χ4v) is 4.99. The van der Waals surface area contributed by atoms with Gasteiger partial charge in [0.05, 0.1) is 20.6 Å². The van der Waals surface area contributed by atoms with Crippen LogP contribution in [0.5, 0.6) is 0 Å². The van der Waals surface area contributed by atoms with E-state index >= 15 is 0 Å². The van der Waals surface area contributed by atoms with Gasteiger partial charge < -0.3 is 5.32 Å². The average molecular weight is 444 g/mol. The van der Waals surface area contributed by atoms with E-state index in [-0.39, 0.29) is 5.91 Å². The van der Waals surface area contributed by atoms with E-state index in [4.69, 9.17) is 11.6 Å². The highest BCUT2D eigenvalue weighted by Gasteiger charge is 2.17. The molecule has 0 bridgehead atoms. The Kier molecular flexibility index (Phi) is 5.49. The van der Waals surface area contributed by atoms with Crippen molar-refractivity contribution in [3.8, 4) is 15.7 Å². The smallest absolute Gasteiger partial charge is 0.263 e. The zero-order chi connectivity index (χ0) is 20.5. The van der Waals surface area contributed by atoms with E-state index < -0.39 is 0 Å². The molecule has 0 unspecified atom stereocenters. The molecule has 0 radical (unpaired) electrons. The van der Waals surface area contributed by atoms with Crippen molar-refractivity contribution in [2.75, 3.05) is 0 Å². The Bertz CT molecular complexity index is 1180. The van der Waals surface area contributed by atoms with E-state index in [0.29, 0.717) is 21.5 Å². The maximum absolute atomic E-state index is 12.6. The van der Waals surface area contributed by atoms with E-state index in [9.17, 15) is 4.79 Å². The first kappa shape index (κ1) is 19.8. The van der Waals surface area contributed by atoms with Crippen LogP contribution in [0.3, 0.4) is 0 Å². The first-order chi connectivity index (χ1) is 13.9. The molecule has 1 N–H and O–H groups in total. The van der Waals surface area contributed by atoms with Crippen LogP contribution in [0.2, 0.25) is 4.34 Å².